The molecule has 1 heterocycles. The number of alkyl halides is 2. The van der Waals surface area contributed by atoms with Gasteiger partial charge in [-0.1, -0.05) is 0 Å². The number of rotatable bonds is 4. The molecular formula is C9H10F3N3O. The zero-order chi connectivity index (χ0) is 12.2. The average Bonchev–Trinajstić information content (AvgIpc) is 2.26. The van der Waals surface area contributed by atoms with Gasteiger partial charge >= 0.3 is 0 Å². The highest BCUT2D eigenvalue weighted by molar-refractivity contribution is 5.93. The number of pyridine rings is 1. The first kappa shape index (κ1) is 12.4. The van der Waals surface area contributed by atoms with E-state index >= 15 is 0 Å². The summed E-state index contributed by atoms with van der Waals surface area (Å²) in [5.74, 6) is -4.70. The van der Waals surface area contributed by atoms with Gasteiger partial charge in [0.15, 0.2) is 0 Å². The van der Waals surface area contributed by atoms with Crippen LogP contribution in [0.15, 0.2) is 18.5 Å². The highest BCUT2D eigenvalue weighted by Crippen LogP contribution is 2.09. The van der Waals surface area contributed by atoms with E-state index in [1.165, 1.54) is 0 Å². The van der Waals surface area contributed by atoms with E-state index in [-0.39, 0.29) is 5.56 Å². The summed E-state index contributed by atoms with van der Waals surface area (Å²) in [7, 11) is 0. The Balaban J connectivity index is 2.60. The first-order chi connectivity index (χ1) is 7.44. The second-order valence-corrected chi connectivity index (χ2v) is 3.13. The van der Waals surface area contributed by atoms with E-state index in [0.29, 0.717) is 0 Å². The lowest BCUT2D eigenvalue weighted by atomic mass is 10.2. The summed E-state index contributed by atoms with van der Waals surface area (Å²) in [5, 5.41) is 1.94. The Kier molecular flexibility index (Phi) is 3.83. The van der Waals surface area contributed by atoms with Crippen molar-refractivity contribution < 1.29 is 18.0 Å². The zero-order valence-electron chi connectivity index (χ0n) is 8.21. The summed E-state index contributed by atoms with van der Waals surface area (Å²) >= 11 is 0. The van der Waals surface area contributed by atoms with E-state index in [1.807, 2.05) is 5.32 Å². The largest absolute Gasteiger partial charge is 0.346 e. The van der Waals surface area contributed by atoms with E-state index in [0.717, 1.165) is 18.5 Å². The van der Waals surface area contributed by atoms with Crippen LogP contribution >= 0.6 is 0 Å². The topological polar surface area (TPSA) is 68.0 Å². The van der Waals surface area contributed by atoms with Crippen molar-refractivity contribution in [2.75, 3.05) is 13.1 Å². The van der Waals surface area contributed by atoms with Crippen molar-refractivity contribution in [1.29, 1.82) is 0 Å². The predicted octanol–water partition coefficient (Wildman–Crippen LogP) is 0.544. The maximum Gasteiger partial charge on any atom is 0.277 e. The first-order valence-electron chi connectivity index (χ1n) is 4.41. The van der Waals surface area contributed by atoms with E-state index in [2.05, 4.69) is 4.98 Å². The molecule has 1 amide bonds. The summed E-state index contributed by atoms with van der Waals surface area (Å²) in [4.78, 5) is 14.7. The van der Waals surface area contributed by atoms with Crippen LogP contribution in [0.4, 0.5) is 13.2 Å². The van der Waals surface area contributed by atoms with Crippen LogP contribution in [0.2, 0.25) is 0 Å². The Bertz CT molecular complexity index is 384. The molecule has 0 fully saturated rings. The summed E-state index contributed by atoms with van der Waals surface area (Å²) in [5.41, 5.74) is 4.66. The minimum atomic E-state index is -3.17. The van der Waals surface area contributed by atoms with Gasteiger partial charge in [0.1, 0.15) is 5.82 Å². The highest BCUT2D eigenvalue weighted by atomic mass is 19.3. The number of hydrogen-bond acceptors (Lipinski definition) is 3. The van der Waals surface area contributed by atoms with Crippen molar-refractivity contribution in [3.8, 4) is 0 Å². The monoisotopic (exact) mass is 233 g/mol. The number of nitrogens with zero attached hydrogens (tertiary/aromatic N) is 1. The average molecular weight is 233 g/mol. The molecule has 0 aliphatic rings. The molecule has 0 aromatic carbocycles. The SMILES string of the molecule is NCC(F)(F)CNC(=O)c1cncc(F)c1. The molecule has 0 unspecified atom stereocenters. The molecule has 7 heteroatoms. The lowest BCUT2D eigenvalue weighted by molar-refractivity contribution is 0.0118. The van der Waals surface area contributed by atoms with Crippen molar-refractivity contribution in [2.24, 2.45) is 5.73 Å². The fourth-order valence-corrected chi connectivity index (χ4v) is 0.920. The van der Waals surface area contributed by atoms with Crippen molar-refractivity contribution in [3.05, 3.63) is 29.8 Å². The fraction of sp³-hybridized carbons (Fsp3) is 0.333. The lowest BCUT2D eigenvalue weighted by Crippen LogP contribution is -2.41. The van der Waals surface area contributed by atoms with Crippen molar-refractivity contribution in [2.45, 2.75) is 5.92 Å². The van der Waals surface area contributed by atoms with E-state index in [9.17, 15) is 18.0 Å². The van der Waals surface area contributed by atoms with Gasteiger partial charge in [-0.3, -0.25) is 9.78 Å². The Morgan fingerprint density at radius 3 is 2.75 bits per heavy atom. The maximum absolute atomic E-state index is 12.7. The molecule has 0 bridgehead atoms. The second kappa shape index (κ2) is 4.93. The van der Waals surface area contributed by atoms with Gasteiger partial charge in [0, 0.05) is 6.20 Å². The van der Waals surface area contributed by atoms with E-state index < -0.39 is 30.7 Å². The van der Waals surface area contributed by atoms with Crippen molar-refractivity contribution in [1.82, 2.24) is 10.3 Å². The number of carbonyl (C=O) groups excluding carboxylic acids is 1. The van der Waals surface area contributed by atoms with Crippen LogP contribution in [0, 0.1) is 5.82 Å². The molecule has 0 spiro atoms. The number of halogens is 3. The molecule has 1 aromatic heterocycles. The summed E-state index contributed by atoms with van der Waals surface area (Å²) in [6.45, 7) is -1.76. The molecule has 1 rings (SSSR count). The molecule has 16 heavy (non-hydrogen) atoms. The van der Waals surface area contributed by atoms with Crippen LogP contribution < -0.4 is 11.1 Å². The van der Waals surface area contributed by atoms with Crippen LogP contribution in [0.25, 0.3) is 0 Å². The smallest absolute Gasteiger partial charge is 0.277 e. The van der Waals surface area contributed by atoms with Crippen LogP contribution in [-0.4, -0.2) is 29.9 Å². The van der Waals surface area contributed by atoms with E-state index in [1.54, 1.807) is 0 Å². The maximum atomic E-state index is 12.7. The molecule has 0 saturated heterocycles. The standard InChI is InChI=1S/C9H10F3N3O/c10-7-1-6(2-14-3-7)8(16)15-5-9(11,12)4-13/h1-3H,4-5,13H2,(H,15,16). The molecule has 88 valence electrons. The number of amides is 1. The fourth-order valence-electron chi connectivity index (χ4n) is 0.920. The number of carbonyl (C=O) groups is 1. The molecule has 1 aromatic rings. The number of nitrogens with one attached hydrogen (secondary N) is 1. The van der Waals surface area contributed by atoms with Gasteiger partial charge in [-0.15, -0.1) is 0 Å². The van der Waals surface area contributed by atoms with Gasteiger partial charge in [0.25, 0.3) is 11.8 Å². The predicted molar refractivity (Wildman–Crippen MR) is 50.5 cm³/mol. The van der Waals surface area contributed by atoms with Gasteiger partial charge in [0.05, 0.1) is 24.8 Å². The Morgan fingerprint density at radius 2 is 2.19 bits per heavy atom. The van der Waals surface area contributed by atoms with E-state index in [4.69, 9.17) is 5.73 Å². The van der Waals surface area contributed by atoms with Crippen LogP contribution in [-0.2, 0) is 0 Å². The third kappa shape index (κ3) is 3.50. The van der Waals surface area contributed by atoms with Crippen LogP contribution in [0.3, 0.4) is 0 Å². The minimum absolute atomic E-state index is 0.118. The quantitative estimate of drug-likeness (QED) is 0.797. The molecule has 0 atom stereocenters. The lowest BCUT2D eigenvalue weighted by Gasteiger charge is -2.14. The summed E-state index contributed by atoms with van der Waals surface area (Å²) in [6, 6.07) is 0.906. The zero-order valence-corrected chi connectivity index (χ0v) is 8.21. The molecule has 0 aliphatic carbocycles. The van der Waals surface area contributed by atoms with Gasteiger partial charge in [-0.05, 0) is 6.07 Å². The molecule has 3 N–H and O–H groups in total. The molecule has 0 aliphatic heterocycles. The first-order valence-corrected chi connectivity index (χ1v) is 4.41. The number of nitrogens with two attached hydrogens (primary N) is 1. The van der Waals surface area contributed by atoms with Gasteiger partial charge in [-0.2, -0.15) is 0 Å². The normalized spacial score (nSPS) is 11.2. The number of hydrogen-bond donors (Lipinski definition) is 2. The highest BCUT2D eigenvalue weighted by Gasteiger charge is 2.27. The van der Waals surface area contributed by atoms with Gasteiger partial charge in [0.2, 0.25) is 0 Å². The van der Waals surface area contributed by atoms with Crippen LogP contribution in [0.1, 0.15) is 10.4 Å². The van der Waals surface area contributed by atoms with Gasteiger partial charge in [-0.25, -0.2) is 13.2 Å². The minimum Gasteiger partial charge on any atom is -0.346 e. The third-order valence-corrected chi connectivity index (χ3v) is 1.77. The molecule has 4 nitrogen and oxygen atoms in total. The number of aromatic nitrogens is 1. The Hall–Kier alpha value is -1.63. The van der Waals surface area contributed by atoms with Gasteiger partial charge < -0.3 is 11.1 Å². The Labute approximate surface area is 89.7 Å². The molecule has 0 radical (unpaired) electrons. The summed E-state index contributed by atoms with van der Waals surface area (Å²) in [6.07, 6.45) is 1.99. The van der Waals surface area contributed by atoms with Crippen molar-refractivity contribution in [3.63, 3.8) is 0 Å². The Morgan fingerprint density at radius 1 is 1.50 bits per heavy atom. The molecule has 0 saturated carbocycles. The van der Waals surface area contributed by atoms with Crippen LogP contribution in [0.5, 0.6) is 0 Å². The third-order valence-electron chi connectivity index (χ3n) is 1.77. The second-order valence-electron chi connectivity index (χ2n) is 3.13. The summed E-state index contributed by atoms with van der Waals surface area (Å²) < 4.78 is 38.0. The van der Waals surface area contributed by atoms with Crippen molar-refractivity contribution >= 4 is 5.91 Å². The molecular weight excluding hydrogens is 223 g/mol.